The first-order valence-corrected chi connectivity index (χ1v) is 8.86. The van der Waals surface area contributed by atoms with Crippen molar-refractivity contribution < 1.29 is 19.8 Å². The van der Waals surface area contributed by atoms with Gasteiger partial charge in [0.2, 0.25) is 17.9 Å². The second-order valence-electron chi connectivity index (χ2n) is 6.46. The SMILES string of the molecule is CCCCC[C@H](CN(O)C=O)C(=O)NNc1nc2nc[nH]c2c(N(C)C)[nH+]1. The van der Waals surface area contributed by atoms with Crippen molar-refractivity contribution in [2.24, 2.45) is 5.92 Å². The Kier molecular flexibility index (Phi) is 7.29. The van der Waals surface area contributed by atoms with Gasteiger partial charge in [-0.25, -0.2) is 20.5 Å². The summed E-state index contributed by atoms with van der Waals surface area (Å²) in [6.45, 7) is 1.99. The maximum Gasteiger partial charge on any atom is 0.368 e. The van der Waals surface area contributed by atoms with Crippen LogP contribution in [-0.2, 0) is 9.59 Å². The number of hydrogen-bond donors (Lipinski definition) is 4. The third-order valence-electron chi connectivity index (χ3n) is 4.12. The number of hydrazine groups is 1. The topological polar surface area (TPSA) is 141 Å². The van der Waals surface area contributed by atoms with Gasteiger partial charge in [-0.05, 0) is 6.42 Å². The summed E-state index contributed by atoms with van der Waals surface area (Å²) < 4.78 is 0. The van der Waals surface area contributed by atoms with E-state index in [1.807, 2.05) is 19.0 Å². The molecular weight excluding hydrogens is 352 g/mol. The van der Waals surface area contributed by atoms with Crippen molar-refractivity contribution in [3.8, 4) is 0 Å². The molecule has 1 atom stereocenters. The number of aromatic nitrogens is 4. The molecule has 0 saturated carbocycles. The molecule has 0 aliphatic heterocycles. The fraction of sp³-hybridized carbons (Fsp3) is 0.562. The van der Waals surface area contributed by atoms with E-state index in [2.05, 4.69) is 37.7 Å². The zero-order valence-electron chi connectivity index (χ0n) is 15.8. The van der Waals surface area contributed by atoms with Crippen LogP contribution in [0.2, 0.25) is 0 Å². The maximum absolute atomic E-state index is 12.5. The molecule has 2 heterocycles. The summed E-state index contributed by atoms with van der Waals surface area (Å²) in [6, 6.07) is 0. The lowest BCUT2D eigenvalue weighted by Gasteiger charge is -2.18. The predicted octanol–water partition coefficient (Wildman–Crippen LogP) is 0.325. The first kappa shape index (κ1) is 20.4. The molecule has 0 spiro atoms. The number of nitrogens with one attached hydrogen (secondary N) is 4. The maximum atomic E-state index is 12.5. The number of amides is 2. The molecule has 5 N–H and O–H groups in total. The summed E-state index contributed by atoms with van der Waals surface area (Å²) in [6.07, 6.45) is 5.21. The van der Waals surface area contributed by atoms with Gasteiger partial charge in [0.25, 0.3) is 5.91 Å². The summed E-state index contributed by atoms with van der Waals surface area (Å²) >= 11 is 0. The highest BCUT2D eigenvalue weighted by molar-refractivity contribution is 5.82. The first-order chi connectivity index (χ1) is 13.0. The molecule has 0 aromatic carbocycles. The Morgan fingerprint density at radius 2 is 2.22 bits per heavy atom. The largest absolute Gasteiger partial charge is 0.368 e. The van der Waals surface area contributed by atoms with E-state index in [0.29, 0.717) is 23.1 Å². The van der Waals surface area contributed by atoms with Crippen LogP contribution in [0.4, 0.5) is 11.8 Å². The molecule has 11 heteroatoms. The van der Waals surface area contributed by atoms with E-state index in [-0.39, 0.29) is 18.9 Å². The molecule has 0 unspecified atom stereocenters. The Hall–Kier alpha value is -2.95. The summed E-state index contributed by atoms with van der Waals surface area (Å²) in [5.41, 5.74) is 6.58. The lowest BCUT2D eigenvalue weighted by atomic mass is 10.0. The Labute approximate surface area is 157 Å². The predicted molar refractivity (Wildman–Crippen MR) is 98.7 cm³/mol. The Morgan fingerprint density at radius 1 is 1.44 bits per heavy atom. The highest BCUT2D eigenvalue weighted by Gasteiger charge is 2.23. The molecule has 0 fully saturated rings. The van der Waals surface area contributed by atoms with Crippen molar-refractivity contribution in [3.05, 3.63) is 6.33 Å². The minimum absolute atomic E-state index is 0.0702. The first-order valence-electron chi connectivity index (χ1n) is 8.86. The van der Waals surface area contributed by atoms with Crippen LogP contribution in [0, 0.1) is 5.92 Å². The van der Waals surface area contributed by atoms with Gasteiger partial charge in [0.15, 0.2) is 5.52 Å². The number of aromatic amines is 2. The van der Waals surface area contributed by atoms with Crippen LogP contribution in [0.3, 0.4) is 0 Å². The van der Waals surface area contributed by atoms with Crippen molar-refractivity contribution in [1.29, 1.82) is 0 Å². The highest BCUT2D eigenvalue weighted by Crippen LogP contribution is 2.16. The van der Waals surface area contributed by atoms with Gasteiger partial charge in [0, 0.05) is 14.1 Å². The van der Waals surface area contributed by atoms with Crippen LogP contribution >= 0.6 is 0 Å². The molecular formula is C16H27N8O3+. The second-order valence-corrected chi connectivity index (χ2v) is 6.46. The van der Waals surface area contributed by atoms with Gasteiger partial charge in [-0.15, -0.1) is 0 Å². The van der Waals surface area contributed by atoms with Crippen LogP contribution in [0.5, 0.6) is 0 Å². The number of fused-ring (bicyclic) bond motifs is 1. The molecule has 0 aliphatic rings. The van der Waals surface area contributed by atoms with Gasteiger partial charge in [-0.2, -0.15) is 5.43 Å². The summed E-state index contributed by atoms with van der Waals surface area (Å²) in [5, 5.41) is 9.93. The minimum Gasteiger partial charge on any atom is -0.337 e. The molecule has 0 bridgehead atoms. The van der Waals surface area contributed by atoms with E-state index in [9.17, 15) is 14.8 Å². The molecule has 11 nitrogen and oxygen atoms in total. The van der Waals surface area contributed by atoms with E-state index >= 15 is 0 Å². The van der Waals surface area contributed by atoms with Gasteiger partial charge in [0.1, 0.15) is 0 Å². The number of imidazole rings is 1. The average Bonchev–Trinajstić information content (AvgIpc) is 3.12. The molecule has 2 aromatic heterocycles. The van der Waals surface area contributed by atoms with Crippen LogP contribution in [0.25, 0.3) is 11.2 Å². The second kappa shape index (κ2) is 9.67. The van der Waals surface area contributed by atoms with Crippen LogP contribution < -0.4 is 20.7 Å². The van der Waals surface area contributed by atoms with Crippen LogP contribution in [0.15, 0.2) is 6.33 Å². The average molecular weight is 379 g/mol. The smallest absolute Gasteiger partial charge is 0.337 e. The highest BCUT2D eigenvalue weighted by atomic mass is 16.5. The zero-order valence-corrected chi connectivity index (χ0v) is 15.8. The van der Waals surface area contributed by atoms with E-state index < -0.39 is 5.92 Å². The summed E-state index contributed by atoms with van der Waals surface area (Å²) in [7, 11) is 3.74. The number of rotatable bonds is 11. The van der Waals surface area contributed by atoms with Crippen molar-refractivity contribution in [1.82, 2.24) is 25.4 Å². The third-order valence-corrected chi connectivity index (χ3v) is 4.12. The normalized spacial score (nSPS) is 11.9. The lowest BCUT2D eigenvalue weighted by Crippen LogP contribution is -2.41. The van der Waals surface area contributed by atoms with Crippen LogP contribution in [0.1, 0.15) is 32.6 Å². The van der Waals surface area contributed by atoms with Gasteiger partial charge in [-0.3, -0.25) is 14.8 Å². The number of hydrogen-bond acceptors (Lipinski definition) is 7. The number of hydroxylamine groups is 2. The fourth-order valence-electron chi connectivity index (χ4n) is 2.69. The third kappa shape index (κ3) is 5.51. The number of H-pyrrole nitrogens is 2. The van der Waals surface area contributed by atoms with E-state index in [1.165, 1.54) is 0 Å². The molecule has 148 valence electrons. The van der Waals surface area contributed by atoms with Crippen molar-refractivity contribution in [2.75, 3.05) is 31.0 Å². The standard InChI is InChI=1S/C16H26N8O3/c1-4-5-6-7-11(8-24(27)10-25)15(26)21-22-16-19-13-12(17-9-18-13)14(20-16)23(2)3/h9-11,27H,4-8H2,1-3H3,(H,21,26)(H2,17,18,19,20,22)/p+1/t11-/m1/s1. The van der Waals surface area contributed by atoms with Crippen molar-refractivity contribution >= 4 is 35.2 Å². The van der Waals surface area contributed by atoms with Gasteiger partial charge in [0.05, 0.1) is 18.8 Å². The number of nitrogens with zero attached hydrogens (tertiary/aromatic N) is 4. The quantitative estimate of drug-likeness (QED) is 0.191. The molecule has 27 heavy (non-hydrogen) atoms. The van der Waals surface area contributed by atoms with Gasteiger partial charge >= 0.3 is 5.95 Å². The Bertz CT molecular complexity index is 763. The van der Waals surface area contributed by atoms with Crippen molar-refractivity contribution in [2.45, 2.75) is 32.6 Å². The van der Waals surface area contributed by atoms with E-state index in [0.717, 1.165) is 30.6 Å². The van der Waals surface area contributed by atoms with Gasteiger partial charge < -0.3 is 9.88 Å². The van der Waals surface area contributed by atoms with Gasteiger partial charge in [-0.1, -0.05) is 31.2 Å². The number of anilines is 2. The molecule has 2 rings (SSSR count). The molecule has 0 aliphatic carbocycles. The number of carbonyl (C=O) groups excluding carboxylic acids is 2. The number of carbonyl (C=O) groups is 2. The molecule has 0 saturated heterocycles. The van der Waals surface area contributed by atoms with E-state index in [4.69, 9.17) is 0 Å². The fourth-order valence-corrected chi connectivity index (χ4v) is 2.69. The minimum atomic E-state index is -0.540. The lowest BCUT2D eigenvalue weighted by molar-refractivity contribution is -0.349. The Morgan fingerprint density at radius 3 is 2.89 bits per heavy atom. The zero-order chi connectivity index (χ0) is 19.8. The Balaban J connectivity index is 2.06. The molecule has 2 aromatic rings. The monoisotopic (exact) mass is 379 g/mol. The van der Waals surface area contributed by atoms with Crippen molar-refractivity contribution in [3.63, 3.8) is 0 Å². The van der Waals surface area contributed by atoms with E-state index in [1.54, 1.807) is 6.33 Å². The molecule has 2 amide bonds. The molecule has 0 radical (unpaired) electrons. The summed E-state index contributed by atoms with van der Waals surface area (Å²) in [5.74, 6) is 0.184. The number of unbranched alkanes of at least 4 members (excludes halogenated alkanes) is 2. The van der Waals surface area contributed by atoms with Crippen LogP contribution in [-0.4, -0.2) is 58.2 Å². The summed E-state index contributed by atoms with van der Waals surface area (Å²) in [4.78, 5) is 39.5.